The minimum absolute atomic E-state index is 0.163. The topological polar surface area (TPSA) is 80.5 Å². The number of carbonyl (C=O) groups excluding carboxylic acids is 1. The summed E-state index contributed by atoms with van der Waals surface area (Å²) in [7, 11) is 1.55. The van der Waals surface area contributed by atoms with E-state index in [-0.39, 0.29) is 17.5 Å². The van der Waals surface area contributed by atoms with Gasteiger partial charge in [-0.15, -0.1) is 0 Å². The number of aromatic nitrogens is 2. The first-order valence-electron chi connectivity index (χ1n) is 10.8. The monoisotopic (exact) mass is 474 g/mol. The second-order valence-electron chi connectivity index (χ2n) is 7.90. The highest BCUT2D eigenvalue weighted by Gasteiger charge is 2.36. The van der Waals surface area contributed by atoms with Gasteiger partial charge in [0, 0.05) is 11.3 Å². The largest absolute Gasteiger partial charge is 0.497 e. The van der Waals surface area contributed by atoms with E-state index in [4.69, 9.17) is 9.26 Å². The van der Waals surface area contributed by atoms with Crippen LogP contribution in [-0.2, 0) is 0 Å². The van der Waals surface area contributed by atoms with Crippen molar-refractivity contribution in [1.29, 1.82) is 0 Å². The van der Waals surface area contributed by atoms with Gasteiger partial charge in [-0.2, -0.15) is 4.98 Å². The zero-order valence-corrected chi connectivity index (χ0v) is 18.8. The average Bonchev–Trinajstić information content (AvgIpc) is 3.34. The molecule has 0 radical (unpaired) electrons. The summed E-state index contributed by atoms with van der Waals surface area (Å²) in [5.41, 5.74) is 2.66. The second kappa shape index (κ2) is 9.02. The zero-order valence-electron chi connectivity index (χ0n) is 18.8. The van der Waals surface area contributed by atoms with Gasteiger partial charge < -0.3 is 14.6 Å². The Labute approximate surface area is 199 Å². The van der Waals surface area contributed by atoms with Crippen LogP contribution in [0.2, 0.25) is 0 Å². The molecule has 0 saturated carbocycles. The van der Waals surface area contributed by atoms with Crippen molar-refractivity contribution in [3.05, 3.63) is 102 Å². The van der Waals surface area contributed by atoms with Crippen molar-refractivity contribution in [3.63, 3.8) is 0 Å². The van der Waals surface area contributed by atoms with Crippen LogP contribution in [-0.4, -0.2) is 23.3 Å². The Hall–Kier alpha value is -4.53. The molecule has 2 heterocycles. The molecule has 2 amide bonds. The molecule has 176 valence electrons. The maximum Gasteiger partial charge on any atom is 0.327 e. The van der Waals surface area contributed by atoms with Gasteiger partial charge in [0.2, 0.25) is 5.82 Å². The minimum atomic E-state index is -0.649. The zero-order chi connectivity index (χ0) is 24.5. The Kier molecular flexibility index (Phi) is 5.74. The summed E-state index contributed by atoms with van der Waals surface area (Å²) in [5, 5.41) is 7.02. The highest BCUT2D eigenvalue weighted by atomic mass is 19.1. The van der Waals surface area contributed by atoms with Gasteiger partial charge in [0.1, 0.15) is 17.4 Å². The van der Waals surface area contributed by atoms with Gasteiger partial charge in [0.05, 0.1) is 24.4 Å². The summed E-state index contributed by atoms with van der Waals surface area (Å²) < 4.78 is 38.3. The van der Waals surface area contributed by atoms with Gasteiger partial charge in [-0.1, -0.05) is 23.4 Å². The van der Waals surface area contributed by atoms with E-state index >= 15 is 0 Å². The van der Waals surface area contributed by atoms with Crippen LogP contribution in [0.4, 0.5) is 19.3 Å². The lowest BCUT2D eigenvalue weighted by atomic mass is 9.94. The number of methoxy groups -OCH3 is 1. The fraction of sp³-hybridized carbons (Fsp3) is 0.115. The summed E-state index contributed by atoms with van der Waals surface area (Å²) in [5.74, 6) is 0.180. The van der Waals surface area contributed by atoms with E-state index in [2.05, 4.69) is 15.5 Å². The molecule has 0 aliphatic carbocycles. The van der Waals surface area contributed by atoms with E-state index in [0.29, 0.717) is 28.3 Å². The number of anilines is 1. The van der Waals surface area contributed by atoms with Crippen LogP contribution in [0.5, 0.6) is 5.75 Å². The van der Waals surface area contributed by atoms with Crippen LogP contribution in [0.25, 0.3) is 17.0 Å². The molecule has 3 aromatic carbocycles. The number of ether oxygens (including phenoxy) is 1. The number of allylic oxidation sites excluding steroid dienone is 1. The van der Waals surface area contributed by atoms with E-state index in [9.17, 15) is 13.6 Å². The van der Waals surface area contributed by atoms with E-state index < -0.39 is 17.9 Å². The summed E-state index contributed by atoms with van der Waals surface area (Å²) in [6.07, 6.45) is 0. The van der Waals surface area contributed by atoms with Crippen molar-refractivity contribution in [2.24, 2.45) is 0 Å². The van der Waals surface area contributed by atoms with Crippen molar-refractivity contribution >= 4 is 17.3 Å². The number of nitrogens with one attached hydrogen (secondary N) is 1. The summed E-state index contributed by atoms with van der Waals surface area (Å²) >= 11 is 0. The maximum atomic E-state index is 14.0. The minimum Gasteiger partial charge on any atom is -0.497 e. The molecule has 5 rings (SSSR count). The first-order valence-corrected chi connectivity index (χ1v) is 10.8. The molecule has 35 heavy (non-hydrogen) atoms. The Morgan fingerprint density at radius 1 is 1.00 bits per heavy atom. The van der Waals surface area contributed by atoms with Crippen molar-refractivity contribution in [3.8, 4) is 17.1 Å². The number of urea groups is 1. The van der Waals surface area contributed by atoms with Crippen molar-refractivity contribution < 1.29 is 22.8 Å². The van der Waals surface area contributed by atoms with Crippen molar-refractivity contribution in [2.75, 3.05) is 12.0 Å². The van der Waals surface area contributed by atoms with Crippen LogP contribution < -0.4 is 15.0 Å². The number of benzene rings is 3. The molecule has 4 aromatic rings. The maximum absolute atomic E-state index is 14.0. The molecular weight excluding hydrogens is 454 g/mol. The number of carbonyl (C=O) groups is 1. The van der Waals surface area contributed by atoms with Crippen molar-refractivity contribution in [1.82, 2.24) is 15.5 Å². The van der Waals surface area contributed by atoms with Gasteiger partial charge >= 0.3 is 6.03 Å². The van der Waals surface area contributed by atoms with Gasteiger partial charge in [-0.25, -0.2) is 13.6 Å². The highest BCUT2D eigenvalue weighted by Crippen LogP contribution is 2.39. The van der Waals surface area contributed by atoms with Gasteiger partial charge in [0.25, 0.3) is 5.89 Å². The quantitative estimate of drug-likeness (QED) is 0.400. The molecule has 1 aliphatic heterocycles. The first kappa shape index (κ1) is 22.3. The van der Waals surface area contributed by atoms with Crippen LogP contribution in [0.3, 0.4) is 0 Å². The lowest BCUT2D eigenvalue weighted by Gasteiger charge is -2.35. The second-order valence-corrected chi connectivity index (χ2v) is 7.90. The molecule has 1 aromatic heterocycles. The average molecular weight is 474 g/mol. The molecule has 0 spiro atoms. The number of hydrogen-bond acceptors (Lipinski definition) is 5. The van der Waals surface area contributed by atoms with Gasteiger partial charge in [0.15, 0.2) is 0 Å². The third-order valence-electron chi connectivity index (χ3n) is 5.74. The van der Waals surface area contributed by atoms with Crippen LogP contribution >= 0.6 is 0 Å². The van der Waals surface area contributed by atoms with E-state index in [1.54, 1.807) is 44.4 Å². The molecule has 0 saturated heterocycles. The third-order valence-corrected chi connectivity index (χ3v) is 5.74. The summed E-state index contributed by atoms with van der Waals surface area (Å²) in [6, 6.07) is 17.6. The SMILES string of the molecule is COc1cccc(C2NC(=O)N(c3cccc(F)c3)C(C)=C2c2nc(-c3ccc(F)cc3)no2)c1. The van der Waals surface area contributed by atoms with Crippen molar-refractivity contribution in [2.45, 2.75) is 13.0 Å². The molecule has 1 atom stereocenters. The highest BCUT2D eigenvalue weighted by molar-refractivity contribution is 6.01. The van der Waals surface area contributed by atoms with E-state index in [1.807, 2.05) is 12.1 Å². The summed E-state index contributed by atoms with van der Waals surface area (Å²) in [4.78, 5) is 19.1. The normalized spacial score (nSPS) is 15.8. The predicted molar refractivity (Wildman–Crippen MR) is 125 cm³/mol. The molecule has 0 bridgehead atoms. The number of amides is 2. The van der Waals surface area contributed by atoms with E-state index in [1.165, 1.54) is 35.2 Å². The molecule has 1 unspecified atom stereocenters. The van der Waals surface area contributed by atoms with Gasteiger partial charge in [-0.3, -0.25) is 4.90 Å². The summed E-state index contributed by atoms with van der Waals surface area (Å²) in [6.45, 7) is 1.73. The van der Waals surface area contributed by atoms with E-state index in [0.717, 1.165) is 5.56 Å². The molecule has 7 nitrogen and oxygen atoms in total. The molecule has 9 heteroatoms. The Balaban J connectivity index is 1.66. The predicted octanol–water partition coefficient (Wildman–Crippen LogP) is 5.73. The Morgan fingerprint density at radius 2 is 1.77 bits per heavy atom. The van der Waals surface area contributed by atoms with Crippen LogP contribution in [0.1, 0.15) is 24.4 Å². The Bertz CT molecular complexity index is 1430. The van der Waals surface area contributed by atoms with Gasteiger partial charge in [-0.05, 0) is 67.1 Å². The lowest BCUT2D eigenvalue weighted by molar-refractivity contribution is 0.244. The van der Waals surface area contributed by atoms with Crippen LogP contribution in [0, 0.1) is 11.6 Å². The third kappa shape index (κ3) is 4.23. The number of halogens is 2. The first-order chi connectivity index (χ1) is 16.9. The number of rotatable bonds is 5. The smallest absolute Gasteiger partial charge is 0.327 e. The fourth-order valence-corrected chi connectivity index (χ4v) is 4.07. The fourth-order valence-electron chi connectivity index (χ4n) is 4.07. The lowest BCUT2D eigenvalue weighted by Crippen LogP contribution is -2.46. The number of hydrogen-bond donors (Lipinski definition) is 1. The van der Waals surface area contributed by atoms with Crippen LogP contribution in [0.15, 0.2) is 83.0 Å². The molecule has 1 aliphatic rings. The molecule has 0 fully saturated rings. The molecule has 1 N–H and O–H groups in total. The standard InChI is InChI=1S/C26H20F2N4O3/c1-15-22(25-30-24(31-35-25)16-9-11-18(27)12-10-16)23(17-5-3-8-21(13-17)34-2)29-26(33)32(15)20-7-4-6-19(28)14-20/h3-14,23H,1-2H3,(H,29,33). The Morgan fingerprint density at radius 3 is 2.51 bits per heavy atom. The molecular formula is C26H20F2N4O3. The number of nitrogens with zero attached hydrogens (tertiary/aromatic N) is 3.